The molecule has 1 aliphatic heterocycles. The molecule has 182 valence electrons. The molecule has 0 saturated carbocycles. The fraction of sp³-hybridized carbons (Fsp3) is 0.519. The van der Waals surface area contributed by atoms with E-state index in [1.807, 2.05) is 31.2 Å². The van der Waals surface area contributed by atoms with Crippen molar-refractivity contribution in [3.63, 3.8) is 0 Å². The molecule has 1 saturated heterocycles. The summed E-state index contributed by atoms with van der Waals surface area (Å²) < 4.78 is 17.4. The van der Waals surface area contributed by atoms with Gasteiger partial charge in [0.2, 0.25) is 0 Å². The van der Waals surface area contributed by atoms with Crippen LogP contribution in [0.25, 0.3) is 0 Å². The van der Waals surface area contributed by atoms with E-state index in [2.05, 4.69) is 23.1 Å². The zero-order valence-electron chi connectivity index (χ0n) is 20.1. The Labute approximate surface area is 206 Å². The predicted molar refractivity (Wildman–Crippen MR) is 129 cm³/mol. The van der Waals surface area contributed by atoms with Gasteiger partial charge < -0.3 is 19.9 Å². The van der Waals surface area contributed by atoms with Crippen LogP contribution < -0.4 is 15.2 Å². The fourth-order valence-electron chi connectivity index (χ4n) is 5.46. The van der Waals surface area contributed by atoms with Crippen molar-refractivity contribution < 1.29 is 14.2 Å². The maximum Gasteiger partial charge on any atom is 0.191 e. The summed E-state index contributed by atoms with van der Waals surface area (Å²) in [6.07, 6.45) is 4.60. The monoisotopic (exact) mass is 473 g/mol. The molecule has 1 heterocycles. The van der Waals surface area contributed by atoms with E-state index in [9.17, 15) is 15.8 Å². The molecule has 2 N–H and O–H groups in total. The molecule has 2 aliphatic carbocycles. The molecule has 0 amide bonds. The highest BCUT2D eigenvalue weighted by atomic mass is 16.5. The van der Waals surface area contributed by atoms with E-state index in [0.29, 0.717) is 24.7 Å². The molecule has 2 unspecified atom stereocenters. The Morgan fingerprint density at radius 3 is 2.60 bits per heavy atom. The molecule has 2 atom stereocenters. The third-order valence-corrected chi connectivity index (χ3v) is 7.19. The lowest BCUT2D eigenvalue weighted by molar-refractivity contribution is 0.0321. The summed E-state index contributed by atoms with van der Waals surface area (Å²) in [6, 6.07) is 12.2. The highest BCUT2D eigenvalue weighted by Crippen LogP contribution is 2.56. The minimum atomic E-state index is -1.63. The average molecular weight is 474 g/mol. The van der Waals surface area contributed by atoms with Crippen LogP contribution in [0, 0.1) is 45.3 Å². The Hall–Kier alpha value is -3.51. The Morgan fingerprint density at radius 1 is 1.14 bits per heavy atom. The first kappa shape index (κ1) is 24.6. The summed E-state index contributed by atoms with van der Waals surface area (Å²) in [5.74, 6) is 0.543. The van der Waals surface area contributed by atoms with Gasteiger partial charge in [-0.15, -0.1) is 0 Å². The van der Waals surface area contributed by atoms with Crippen LogP contribution in [0.4, 0.5) is 0 Å². The van der Waals surface area contributed by atoms with Crippen molar-refractivity contribution in [3.8, 4) is 29.7 Å². The van der Waals surface area contributed by atoms with Gasteiger partial charge in [-0.3, -0.25) is 4.90 Å². The number of allylic oxidation sites excluding steroid dienone is 4. The maximum absolute atomic E-state index is 10.2. The first-order valence-corrected chi connectivity index (χ1v) is 12.2. The number of hydrogen-bond acceptors (Lipinski definition) is 8. The van der Waals surface area contributed by atoms with Crippen molar-refractivity contribution in [2.75, 3.05) is 46.1 Å². The van der Waals surface area contributed by atoms with E-state index in [-0.39, 0.29) is 17.2 Å². The lowest BCUT2D eigenvalue weighted by Crippen LogP contribution is -2.42. The number of hydrogen-bond donors (Lipinski definition) is 1. The summed E-state index contributed by atoms with van der Waals surface area (Å²) in [5, 5.41) is 30.3. The van der Waals surface area contributed by atoms with Crippen LogP contribution >= 0.6 is 0 Å². The van der Waals surface area contributed by atoms with Gasteiger partial charge in [0.05, 0.1) is 43.2 Å². The average Bonchev–Trinajstić information content (AvgIpc) is 2.90. The van der Waals surface area contributed by atoms with Crippen LogP contribution in [0.1, 0.15) is 37.7 Å². The van der Waals surface area contributed by atoms with Gasteiger partial charge >= 0.3 is 0 Å². The molecule has 0 radical (unpaired) electrons. The summed E-state index contributed by atoms with van der Waals surface area (Å²) in [6.45, 7) is 6.92. The van der Waals surface area contributed by atoms with Crippen molar-refractivity contribution in [3.05, 3.63) is 46.7 Å². The van der Waals surface area contributed by atoms with Crippen molar-refractivity contribution in [2.24, 2.45) is 17.1 Å². The minimum Gasteiger partial charge on any atom is -0.490 e. The van der Waals surface area contributed by atoms with Crippen LogP contribution in [0.3, 0.4) is 0 Å². The molecule has 35 heavy (non-hydrogen) atoms. The Balaban J connectivity index is 1.68. The first-order valence-electron chi connectivity index (χ1n) is 12.2. The van der Waals surface area contributed by atoms with Crippen LogP contribution in [-0.4, -0.2) is 51.0 Å². The second-order valence-corrected chi connectivity index (χ2v) is 9.05. The molecule has 8 heteroatoms. The molecular weight excluding hydrogens is 442 g/mol. The van der Waals surface area contributed by atoms with E-state index < -0.39 is 11.3 Å². The van der Waals surface area contributed by atoms with Crippen LogP contribution in [0.2, 0.25) is 0 Å². The number of nitrogens with two attached hydrogens (primary N) is 1. The molecule has 8 nitrogen and oxygen atoms in total. The van der Waals surface area contributed by atoms with Crippen LogP contribution in [0.15, 0.2) is 41.1 Å². The van der Waals surface area contributed by atoms with Gasteiger partial charge in [0.15, 0.2) is 16.9 Å². The number of nitrogens with zero attached hydrogens (tertiary/aromatic N) is 4. The Morgan fingerprint density at radius 2 is 1.91 bits per heavy atom. The number of benzene rings is 1. The Bertz CT molecular complexity index is 1120. The highest BCUT2D eigenvalue weighted by Gasteiger charge is 2.53. The van der Waals surface area contributed by atoms with Crippen molar-refractivity contribution in [2.45, 2.75) is 32.1 Å². The van der Waals surface area contributed by atoms with Gasteiger partial charge in [0.1, 0.15) is 12.7 Å². The molecule has 3 aliphatic rings. The lowest BCUT2D eigenvalue weighted by atomic mass is 9.57. The van der Waals surface area contributed by atoms with Crippen molar-refractivity contribution in [1.82, 2.24) is 4.90 Å². The second kappa shape index (κ2) is 10.8. The molecule has 0 aromatic heterocycles. The lowest BCUT2D eigenvalue weighted by Gasteiger charge is -2.43. The maximum atomic E-state index is 10.2. The molecule has 0 bridgehead atoms. The third-order valence-electron chi connectivity index (χ3n) is 7.19. The summed E-state index contributed by atoms with van der Waals surface area (Å²) in [5.41, 5.74) is 6.72. The third kappa shape index (κ3) is 4.58. The topological polar surface area (TPSA) is 128 Å². The van der Waals surface area contributed by atoms with Crippen molar-refractivity contribution >= 4 is 0 Å². The molecule has 0 spiro atoms. The van der Waals surface area contributed by atoms with E-state index in [4.69, 9.17) is 19.9 Å². The number of fused-ring (bicyclic) bond motifs is 1. The van der Waals surface area contributed by atoms with E-state index in [1.165, 1.54) is 0 Å². The van der Waals surface area contributed by atoms with Crippen LogP contribution in [0.5, 0.6) is 11.5 Å². The summed E-state index contributed by atoms with van der Waals surface area (Å²) in [7, 11) is 0. The van der Waals surface area contributed by atoms with Crippen LogP contribution in [-0.2, 0) is 4.74 Å². The fourth-order valence-corrected chi connectivity index (χ4v) is 5.46. The van der Waals surface area contributed by atoms with Gasteiger partial charge in [-0.2, -0.15) is 15.8 Å². The predicted octanol–water partition coefficient (Wildman–Crippen LogP) is 3.39. The smallest absolute Gasteiger partial charge is 0.191 e. The molecule has 1 fully saturated rings. The van der Waals surface area contributed by atoms with Crippen molar-refractivity contribution in [1.29, 1.82) is 15.8 Å². The molecule has 1 aromatic rings. The van der Waals surface area contributed by atoms with E-state index >= 15 is 0 Å². The normalized spacial score (nSPS) is 23.8. The van der Waals surface area contributed by atoms with Gasteiger partial charge in [-0.05, 0) is 55.4 Å². The SMILES string of the molecule is CCOc1cc(C2C3CCCC=C3C(C#N)=C(N)C2(C#N)C#N)ccc1OCCN1CCOCC1. The zero-order valence-corrected chi connectivity index (χ0v) is 20.1. The quantitative estimate of drug-likeness (QED) is 0.638. The van der Waals surface area contributed by atoms with E-state index in [1.54, 1.807) is 0 Å². The highest BCUT2D eigenvalue weighted by molar-refractivity contribution is 5.60. The molecular formula is C27H31N5O3. The zero-order chi connectivity index (χ0) is 24.8. The summed E-state index contributed by atoms with van der Waals surface area (Å²) in [4.78, 5) is 2.30. The van der Waals surface area contributed by atoms with Gasteiger partial charge in [-0.25, -0.2) is 0 Å². The second-order valence-electron chi connectivity index (χ2n) is 9.05. The minimum absolute atomic E-state index is 0.0446. The number of nitriles is 3. The molecule has 4 rings (SSSR count). The largest absolute Gasteiger partial charge is 0.490 e. The van der Waals surface area contributed by atoms with E-state index in [0.717, 1.165) is 63.2 Å². The molecule has 1 aromatic carbocycles. The standard InChI is InChI=1S/C27H31N5O3/c1-2-34-24-15-19(7-8-23(24)35-14-11-32-9-12-33-13-10-32)25-21-6-4-3-5-20(21)22(16-28)26(31)27(25,17-29)18-30/h5,7-8,15,21,25H,2-4,6,9-14,31H2,1H3. The number of rotatable bonds is 7. The van der Waals surface area contributed by atoms with Gasteiger partial charge in [0.25, 0.3) is 0 Å². The van der Waals surface area contributed by atoms with Gasteiger partial charge in [-0.1, -0.05) is 12.1 Å². The number of morpholine rings is 1. The number of ether oxygens (including phenoxy) is 3. The first-order chi connectivity index (χ1) is 17.1. The van der Waals surface area contributed by atoms with Gasteiger partial charge in [0, 0.05) is 25.6 Å². The Kier molecular flexibility index (Phi) is 7.61. The summed E-state index contributed by atoms with van der Waals surface area (Å²) >= 11 is 0.